The first-order valence-electron chi connectivity index (χ1n) is 12.4. The van der Waals surface area contributed by atoms with Crippen LogP contribution >= 0.6 is 0 Å². The van der Waals surface area contributed by atoms with Crippen LogP contribution in [0.5, 0.6) is 0 Å². The number of hydrogen-bond acceptors (Lipinski definition) is 5. The molecule has 0 unspecified atom stereocenters. The Bertz CT molecular complexity index is 717. The summed E-state index contributed by atoms with van der Waals surface area (Å²) in [6.07, 6.45) is 9.94. The van der Waals surface area contributed by atoms with Gasteiger partial charge in [0.15, 0.2) is 0 Å². The monoisotopic (exact) mass is 448 g/mol. The van der Waals surface area contributed by atoms with Gasteiger partial charge in [0.25, 0.3) is 0 Å². The predicted molar refractivity (Wildman–Crippen MR) is 121 cm³/mol. The maximum absolute atomic E-state index is 13.8. The standard InChI is InChI=1S/C25H40N2O5/c1-5-15(3)19(14-28)27-22(23(29)26-17-10-8-7-9-11-17)18-13-12-16(4)20(21(18)24(27)30)25(31)32-6-2/h12-13,15-22,28H,5-11,14H2,1-4H3,(H,26,29)/t15-,16+,18-,19-,20+,21-,22-/m0/s1. The molecular formula is C25H40N2O5. The van der Waals surface area contributed by atoms with Gasteiger partial charge in [-0.2, -0.15) is 0 Å². The first-order valence-corrected chi connectivity index (χ1v) is 12.4. The molecule has 0 aromatic carbocycles. The Kier molecular flexibility index (Phi) is 8.37. The molecule has 0 aromatic rings. The maximum Gasteiger partial charge on any atom is 0.310 e. The lowest BCUT2D eigenvalue weighted by molar-refractivity contribution is -0.156. The Morgan fingerprint density at radius 3 is 2.50 bits per heavy atom. The van der Waals surface area contributed by atoms with Gasteiger partial charge in [-0.1, -0.05) is 58.6 Å². The third-order valence-electron chi connectivity index (χ3n) is 7.83. The van der Waals surface area contributed by atoms with Crippen LogP contribution in [-0.4, -0.2) is 59.1 Å². The van der Waals surface area contributed by atoms with Crippen LogP contribution in [0.15, 0.2) is 12.2 Å². The lowest BCUT2D eigenvalue weighted by Crippen LogP contribution is -2.55. The van der Waals surface area contributed by atoms with E-state index in [-0.39, 0.29) is 48.9 Å². The maximum atomic E-state index is 13.8. The summed E-state index contributed by atoms with van der Waals surface area (Å²) in [7, 11) is 0. The SMILES string of the molecule is CCOC(=O)[C@H]1[C@H]2C(=O)N([C@@H](CO)[C@@H](C)CC)[C@H](C(=O)NC3CCCCC3)[C@H]2C=C[C@H]1C. The number of carbonyl (C=O) groups excluding carboxylic acids is 3. The van der Waals surface area contributed by atoms with Crippen molar-refractivity contribution in [1.29, 1.82) is 0 Å². The van der Waals surface area contributed by atoms with Crippen molar-refractivity contribution < 1.29 is 24.2 Å². The third kappa shape index (κ3) is 4.73. The van der Waals surface area contributed by atoms with Crippen LogP contribution < -0.4 is 5.32 Å². The van der Waals surface area contributed by atoms with Crippen molar-refractivity contribution in [3.63, 3.8) is 0 Å². The van der Waals surface area contributed by atoms with E-state index in [1.54, 1.807) is 11.8 Å². The van der Waals surface area contributed by atoms with Gasteiger partial charge >= 0.3 is 5.97 Å². The molecule has 2 aliphatic carbocycles. The first kappa shape index (κ1) is 24.7. The van der Waals surface area contributed by atoms with Crippen LogP contribution in [0.2, 0.25) is 0 Å². The van der Waals surface area contributed by atoms with Crippen molar-refractivity contribution >= 4 is 17.8 Å². The molecule has 7 nitrogen and oxygen atoms in total. The van der Waals surface area contributed by atoms with Gasteiger partial charge in [0.05, 0.1) is 31.1 Å². The van der Waals surface area contributed by atoms with Gasteiger partial charge in [-0.15, -0.1) is 0 Å². The largest absolute Gasteiger partial charge is 0.466 e. The van der Waals surface area contributed by atoms with Gasteiger partial charge in [0, 0.05) is 12.0 Å². The van der Waals surface area contributed by atoms with Gasteiger partial charge < -0.3 is 20.1 Å². The lowest BCUT2D eigenvalue weighted by atomic mass is 9.70. The van der Waals surface area contributed by atoms with Gasteiger partial charge in [-0.3, -0.25) is 14.4 Å². The Labute approximate surface area is 191 Å². The number of aliphatic hydroxyl groups is 1. The molecule has 0 spiro atoms. The van der Waals surface area contributed by atoms with Crippen LogP contribution in [0.3, 0.4) is 0 Å². The number of ether oxygens (including phenoxy) is 1. The second-order valence-corrected chi connectivity index (χ2v) is 9.79. The molecule has 7 heteroatoms. The number of esters is 1. The molecule has 2 N–H and O–H groups in total. The summed E-state index contributed by atoms with van der Waals surface area (Å²) in [6.45, 7) is 7.72. The van der Waals surface area contributed by atoms with Crippen LogP contribution in [0, 0.1) is 29.6 Å². The minimum atomic E-state index is -0.721. The number of hydrogen-bond donors (Lipinski definition) is 2. The topological polar surface area (TPSA) is 95.9 Å². The Balaban J connectivity index is 1.98. The van der Waals surface area contributed by atoms with E-state index in [0.29, 0.717) is 0 Å². The van der Waals surface area contributed by atoms with Crippen molar-refractivity contribution in [1.82, 2.24) is 10.2 Å². The second-order valence-electron chi connectivity index (χ2n) is 9.79. The smallest absolute Gasteiger partial charge is 0.310 e. The zero-order valence-electron chi connectivity index (χ0n) is 20.0. The minimum absolute atomic E-state index is 0.0246. The first-order chi connectivity index (χ1) is 15.3. The molecule has 0 aromatic heterocycles. The van der Waals surface area contributed by atoms with Gasteiger partial charge in [-0.25, -0.2) is 0 Å². The van der Waals surface area contributed by atoms with Crippen LogP contribution in [0.1, 0.15) is 66.2 Å². The molecule has 1 heterocycles. The highest BCUT2D eigenvalue weighted by atomic mass is 16.5. The summed E-state index contributed by atoms with van der Waals surface area (Å²) in [6, 6.07) is -1.07. The molecule has 0 bridgehead atoms. The summed E-state index contributed by atoms with van der Waals surface area (Å²) < 4.78 is 5.32. The molecule has 3 rings (SSSR count). The van der Waals surface area contributed by atoms with Gasteiger partial charge in [-0.05, 0) is 31.6 Å². The summed E-state index contributed by atoms with van der Waals surface area (Å²) >= 11 is 0. The summed E-state index contributed by atoms with van der Waals surface area (Å²) in [5.74, 6) is -2.57. The molecule has 1 aliphatic heterocycles. The van der Waals surface area contributed by atoms with Crippen LogP contribution in [0.4, 0.5) is 0 Å². The molecule has 32 heavy (non-hydrogen) atoms. The highest BCUT2D eigenvalue weighted by Gasteiger charge is 2.59. The van der Waals surface area contributed by atoms with Crippen molar-refractivity contribution in [3.8, 4) is 0 Å². The quantitative estimate of drug-likeness (QED) is 0.440. The van der Waals surface area contributed by atoms with Crippen molar-refractivity contribution in [2.75, 3.05) is 13.2 Å². The van der Waals surface area contributed by atoms with Crippen molar-refractivity contribution in [2.45, 2.75) is 84.3 Å². The number of carbonyl (C=O) groups is 3. The lowest BCUT2D eigenvalue weighted by Gasteiger charge is -2.37. The van der Waals surface area contributed by atoms with E-state index < -0.39 is 29.8 Å². The summed E-state index contributed by atoms with van der Waals surface area (Å²) in [5, 5.41) is 13.4. The van der Waals surface area contributed by atoms with Crippen molar-refractivity contribution in [3.05, 3.63) is 12.2 Å². The Morgan fingerprint density at radius 1 is 1.22 bits per heavy atom. The Hall–Kier alpha value is -1.89. The fourth-order valence-electron chi connectivity index (χ4n) is 5.84. The number of rotatable bonds is 8. The number of nitrogens with one attached hydrogen (secondary N) is 1. The minimum Gasteiger partial charge on any atom is -0.466 e. The van der Waals surface area contributed by atoms with Crippen LogP contribution in [-0.2, 0) is 19.1 Å². The molecule has 0 radical (unpaired) electrons. The van der Waals surface area contributed by atoms with E-state index in [4.69, 9.17) is 4.74 Å². The number of allylic oxidation sites excluding steroid dienone is 1. The van der Waals surface area contributed by atoms with E-state index in [0.717, 1.165) is 32.1 Å². The number of amides is 2. The van der Waals surface area contributed by atoms with Gasteiger partial charge in [0.2, 0.25) is 11.8 Å². The second kappa shape index (κ2) is 10.8. The summed E-state index contributed by atoms with van der Waals surface area (Å²) in [5.41, 5.74) is 0. The van der Waals surface area contributed by atoms with E-state index >= 15 is 0 Å². The van der Waals surface area contributed by atoms with Crippen molar-refractivity contribution in [2.24, 2.45) is 29.6 Å². The number of nitrogens with zero attached hydrogens (tertiary/aromatic N) is 1. The van der Waals surface area contributed by atoms with E-state index in [1.165, 1.54) is 6.42 Å². The Morgan fingerprint density at radius 2 is 1.91 bits per heavy atom. The highest BCUT2D eigenvalue weighted by Crippen LogP contribution is 2.45. The number of fused-ring (bicyclic) bond motifs is 1. The molecule has 2 fully saturated rings. The van der Waals surface area contributed by atoms with Gasteiger partial charge in [0.1, 0.15) is 6.04 Å². The predicted octanol–water partition coefficient (Wildman–Crippen LogP) is 2.67. The normalized spacial score (nSPS) is 32.3. The molecule has 180 valence electrons. The fourth-order valence-corrected chi connectivity index (χ4v) is 5.84. The average Bonchev–Trinajstić information content (AvgIpc) is 3.07. The number of aliphatic hydroxyl groups excluding tert-OH is 1. The van der Waals surface area contributed by atoms with E-state index in [9.17, 15) is 19.5 Å². The molecular weight excluding hydrogens is 408 g/mol. The highest BCUT2D eigenvalue weighted by molar-refractivity contribution is 5.96. The molecule has 1 saturated heterocycles. The molecule has 1 saturated carbocycles. The molecule has 2 amide bonds. The third-order valence-corrected chi connectivity index (χ3v) is 7.83. The molecule has 3 aliphatic rings. The average molecular weight is 449 g/mol. The number of likely N-dealkylation sites (tertiary alicyclic amines) is 1. The van der Waals surface area contributed by atoms with E-state index in [2.05, 4.69) is 5.32 Å². The van der Waals surface area contributed by atoms with Crippen LogP contribution in [0.25, 0.3) is 0 Å². The summed E-state index contributed by atoms with van der Waals surface area (Å²) in [4.78, 5) is 41.9. The zero-order valence-corrected chi connectivity index (χ0v) is 20.0. The fraction of sp³-hybridized carbons (Fsp3) is 0.800. The van der Waals surface area contributed by atoms with E-state index in [1.807, 2.05) is 32.9 Å². The zero-order chi connectivity index (χ0) is 23.4. The molecule has 7 atom stereocenters.